The normalized spacial score (nSPS) is 23.9. The molecule has 0 aromatic carbocycles. The van der Waals surface area contributed by atoms with E-state index in [1.807, 2.05) is 19.4 Å². The summed E-state index contributed by atoms with van der Waals surface area (Å²) in [6.45, 7) is 3.87. The lowest BCUT2D eigenvalue weighted by molar-refractivity contribution is 0.118. The Labute approximate surface area is 103 Å². The van der Waals surface area contributed by atoms with Gasteiger partial charge in [-0.2, -0.15) is 0 Å². The van der Waals surface area contributed by atoms with E-state index in [1.54, 1.807) is 0 Å². The van der Waals surface area contributed by atoms with E-state index in [0.717, 1.165) is 19.6 Å². The van der Waals surface area contributed by atoms with Crippen molar-refractivity contribution in [3.63, 3.8) is 0 Å². The smallest absolute Gasteiger partial charge is 0.0750 e. The third-order valence-corrected chi connectivity index (χ3v) is 3.47. The fraction of sp³-hybridized carbons (Fsp3) is 0.615. The maximum atomic E-state index is 5.63. The van der Waals surface area contributed by atoms with Crippen molar-refractivity contribution < 1.29 is 4.74 Å². The Hall–Kier alpha value is -1.13. The lowest BCUT2D eigenvalue weighted by Crippen LogP contribution is -2.37. The van der Waals surface area contributed by atoms with Crippen molar-refractivity contribution in [3.8, 4) is 0 Å². The Morgan fingerprint density at radius 3 is 3.06 bits per heavy atom. The van der Waals surface area contributed by atoms with Crippen LogP contribution in [-0.2, 0) is 11.3 Å². The van der Waals surface area contributed by atoms with Crippen molar-refractivity contribution in [2.75, 3.05) is 25.6 Å². The molecule has 1 fully saturated rings. The van der Waals surface area contributed by atoms with Crippen LogP contribution in [0.4, 0.5) is 5.69 Å². The number of pyridine rings is 1. The number of hydrogen-bond donors (Lipinski definition) is 1. The highest BCUT2D eigenvalue weighted by Gasteiger charge is 2.28. The van der Waals surface area contributed by atoms with Crippen LogP contribution >= 0.6 is 0 Å². The minimum absolute atomic E-state index is 0.294. The van der Waals surface area contributed by atoms with Gasteiger partial charge in [0.2, 0.25) is 0 Å². The third-order valence-electron chi connectivity index (χ3n) is 3.47. The highest BCUT2D eigenvalue weighted by Crippen LogP contribution is 2.26. The van der Waals surface area contributed by atoms with Gasteiger partial charge in [0.25, 0.3) is 0 Å². The first kappa shape index (κ1) is 12.3. The minimum atomic E-state index is 0.294. The first-order valence-electron chi connectivity index (χ1n) is 6.16. The number of nitrogens with one attached hydrogen (secondary N) is 1. The predicted molar refractivity (Wildman–Crippen MR) is 69.2 cm³/mol. The number of rotatable bonds is 4. The van der Waals surface area contributed by atoms with Crippen LogP contribution < -0.4 is 10.2 Å². The third kappa shape index (κ3) is 2.58. The van der Waals surface area contributed by atoms with Crippen LogP contribution in [0.3, 0.4) is 0 Å². The summed E-state index contributed by atoms with van der Waals surface area (Å²) < 4.78 is 5.63. The number of anilines is 1. The van der Waals surface area contributed by atoms with Crippen molar-refractivity contribution in [2.24, 2.45) is 0 Å². The first-order chi connectivity index (χ1) is 8.24. The predicted octanol–water partition coefficient (Wildman–Crippen LogP) is 1.41. The molecule has 1 aliphatic rings. The van der Waals surface area contributed by atoms with E-state index in [0.29, 0.717) is 12.1 Å². The summed E-state index contributed by atoms with van der Waals surface area (Å²) in [7, 11) is 4.09. The van der Waals surface area contributed by atoms with Crippen molar-refractivity contribution in [1.82, 2.24) is 10.3 Å². The van der Waals surface area contributed by atoms with Gasteiger partial charge in [0.15, 0.2) is 0 Å². The van der Waals surface area contributed by atoms with Gasteiger partial charge in [-0.3, -0.25) is 4.98 Å². The quantitative estimate of drug-likeness (QED) is 0.856. The molecule has 1 aromatic rings. The zero-order chi connectivity index (χ0) is 12.3. The Kier molecular flexibility index (Phi) is 3.97. The maximum Gasteiger partial charge on any atom is 0.0750 e. The van der Waals surface area contributed by atoms with Gasteiger partial charge in [0.05, 0.1) is 24.0 Å². The van der Waals surface area contributed by atoms with Gasteiger partial charge < -0.3 is 15.0 Å². The SMILES string of the molecule is CNCc1ccncc1N(C)C1CCOC1C. The second kappa shape index (κ2) is 5.47. The van der Waals surface area contributed by atoms with Gasteiger partial charge >= 0.3 is 0 Å². The Morgan fingerprint density at radius 2 is 2.41 bits per heavy atom. The molecule has 2 rings (SSSR count). The van der Waals surface area contributed by atoms with E-state index >= 15 is 0 Å². The van der Waals surface area contributed by atoms with Gasteiger partial charge in [0.1, 0.15) is 0 Å². The van der Waals surface area contributed by atoms with Crippen LogP contribution in [0.1, 0.15) is 18.9 Å². The molecule has 94 valence electrons. The van der Waals surface area contributed by atoms with Gasteiger partial charge in [-0.25, -0.2) is 0 Å². The first-order valence-corrected chi connectivity index (χ1v) is 6.16. The lowest BCUT2D eigenvalue weighted by atomic mass is 10.1. The summed E-state index contributed by atoms with van der Waals surface area (Å²) in [6.07, 6.45) is 5.17. The van der Waals surface area contributed by atoms with Crippen molar-refractivity contribution in [2.45, 2.75) is 32.0 Å². The lowest BCUT2D eigenvalue weighted by Gasteiger charge is -2.30. The molecular formula is C13H21N3O. The van der Waals surface area contributed by atoms with Gasteiger partial charge in [0, 0.05) is 26.4 Å². The van der Waals surface area contributed by atoms with E-state index in [2.05, 4.69) is 35.2 Å². The standard InChI is InChI=1S/C13H21N3O/c1-10-12(5-7-17-10)16(3)13-9-15-6-4-11(13)8-14-2/h4,6,9-10,12,14H,5,7-8H2,1-3H3. The van der Waals surface area contributed by atoms with Gasteiger partial charge in [-0.1, -0.05) is 0 Å². The molecule has 4 nitrogen and oxygen atoms in total. The summed E-state index contributed by atoms with van der Waals surface area (Å²) in [5, 5.41) is 3.20. The van der Waals surface area contributed by atoms with E-state index in [-0.39, 0.29) is 0 Å². The van der Waals surface area contributed by atoms with Gasteiger partial charge in [-0.05, 0) is 32.0 Å². The van der Waals surface area contributed by atoms with Crippen LogP contribution in [0.5, 0.6) is 0 Å². The molecule has 2 heterocycles. The largest absolute Gasteiger partial charge is 0.376 e. The molecule has 0 amide bonds. The van der Waals surface area contributed by atoms with Crippen LogP contribution in [0.15, 0.2) is 18.5 Å². The molecule has 1 N–H and O–H groups in total. The van der Waals surface area contributed by atoms with Crippen LogP contribution in [0.25, 0.3) is 0 Å². The molecule has 0 aliphatic carbocycles. The van der Waals surface area contributed by atoms with E-state index < -0.39 is 0 Å². The summed E-state index contributed by atoms with van der Waals surface area (Å²) in [5.41, 5.74) is 2.48. The van der Waals surface area contributed by atoms with Crippen molar-refractivity contribution in [3.05, 3.63) is 24.0 Å². The summed E-state index contributed by atoms with van der Waals surface area (Å²) in [6, 6.07) is 2.53. The minimum Gasteiger partial charge on any atom is -0.376 e. The topological polar surface area (TPSA) is 37.4 Å². The second-order valence-electron chi connectivity index (χ2n) is 4.58. The highest BCUT2D eigenvalue weighted by molar-refractivity contribution is 5.52. The van der Waals surface area contributed by atoms with Crippen molar-refractivity contribution in [1.29, 1.82) is 0 Å². The highest BCUT2D eigenvalue weighted by atomic mass is 16.5. The molecular weight excluding hydrogens is 214 g/mol. The zero-order valence-electron chi connectivity index (χ0n) is 10.8. The number of aromatic nitrogens is 1. The van der Waals surface area contributed by atoms with Crippen molar-refractivity contribution >= 4 is 5.69 Å². The van der Waals surface area contributed by atoms with E-state index in [1.165, 1.54) is 11.3 Å². The molecule has 4 heteroatoms. The molecule has 1 aromatic heterocycles. The molecule has 0 saturated carbocycles. The Balaban J connectivity index is 2.20. The summed E-state index contributed by atoms with van der Waals surface area (Å²) >= 11 is 0. The Bertz CT molecular complexity index is 369. The average molecular weight is 235 g/mol. The summed E-state index contributed by atoms with van der Waals surface area (Å²) in [5.74, 6) is 0. The molecule has 2 atom stereocenters. The molecule has 1 saturated heterocycles. The molecule has 2 unspecified atom stereocenters. The molecule has 0 bridgehead atoms. The monoisotopic (exact) mass is 235 g/mol. The van der Waals surface area contributed by atoms with Crippen LogP contribution in [0.2, 0.25) is 0 Å². The fourth-order valence-electron chi connectivity index (χ4n) is 2.48. The zero-order valence-corrected chi connectivity index (χ0v) is 10.8. The molecule has 17 heavy (non-hydrogen) atoms. The number of nitrogens with zero attached hydrogens (tertiary/aromatic N) is 2. The molecule has 1 aliphatic heterocycles. The second-order valence-corrected chi connectivity index (χ2v) is 4.58. The van der Waals surface area contributed by atoms with E-state index in [9.17, 15) is 0 Å². The summed E-state index contributed by atoms with van der Waals surface area (Å²) in [4.78, 5) is 6.54. The average Bonchev–Trinajstić information content (AvgIpc) is 2.76. The number of ether oxygens (including phenoxy) is 1. The Morgan fingerprint density at radius 1 is 1.59 bits per heavy atom. The van der Waals surface area contributed by atoms with Crippen LogP contribution in [0, 0.1) is 0 Å². The number of hydrogen-bond acceptors (Lipinski definition) is 4. The maximum absolute atomic E-state index is 5.63. The molecule has 0 radical (unpaired) electrons. The fourth-order valence-corrected chi connectivity index (χ4v) is 2.48. The number of likely N-dealkylation sites (N-methyl/N-ethyl adjacent to an activating group) is 1. The van der Waals surface area contributed by atoms with Crippen LogP contribution in [-0.4, -0.2) is 37.8 Å². The van der Waals surface area contributed by atoms with Gasteiger partial charge in [-0.15, -0.1) is 0 Å². The van der Waals surface area contributed by atoms with E-state index in [4.69, 9.17) is 4.74 Å². The molecule has 0 spiro atoms.